The van der Waals surface area contributed by atoms with Gasteiger partial charge in [0.05, 0.1) is 0 Å². The molecule has 0 saturated carbocycles. The molecule has 0 amide bonds. The summed E-state index contributed by atoms with van der Waals surface area (Å²) in [5, 5.41) is 14.2. The predicted molar refractivity (Wildman–Crippen MR) is 73.5 cm³/mol. The number of nitrogens with zero attached hydrogens (tertiary/aromatic N) is 7. The first-order valence-electron chi connectivity index (χ1n) is 6.88. The molecule has 0 aliphatic rings. The van der Waals surface area contributed by atoms with Crippen LogP contribution in [0.4, 0.5) is 19.0 Å². The van der Waals surface area contributed by atoms with Crippen molar-refractivity contribution in [3.05, 3.63) is 30.7 Å². The predicted octanol–water partition coefficient (Wildman–Crippen LogP) is 1.63. The molecule has 3 rings (SSSR count). The van der Waals surface area contributed by atoms with Gasteiger partial charge in [0.1, 0.15) is 24.8 Å². The van der Waals surface area contributed by atoms with E-state index in [1.165, 1.54) is 10.8 Å². The molecule has 0 radical (unpaired) electrons. The van der Waals surface area contributed by atoms with Crippen LogP contribution in [0.5, 0.6) is 0 Å². The van der Waals surface area contributed by atoms with E-state index in [-0.39, 0.29) is 11.6 Å². The molecular weight excluding hydrogens is 313 g/mol. The van der Waals surface area contributed by atoms with Crippen LogP contribution < -0.4 is 5.32 Å². The Morgan fingerprint density at radius 2 is 1.91 bits per heavy atom. The lowest BCUT2D eigenvalue weighted by atomic mass is 10.3. The van der Waals surface area contributed by atoms with Gasteiger partial charge in [0.15, 0.2) is 5.69 Å². The molecule has 0 aliphatic carbocycles. The lowest BCUT2D eigenvalue weighted by Crippen LogP contribution is -2.14. The molecule has 0 aromatic carbocycles. The molecule has 0 unspecified atom stereocenters. The second-order valence-corrected chi connectivity index (χ2v) is 4.83. The highest BCUT2D eigenvalue weighted by Gasteiger charge is 2.34. The smallest absolute Gasteiger partial charge is 0.370 e. The standard InChI is InChI=1S/C12H13F3N8/c13-12(14,15)9-5-10(23-11(21-9)17-6-20-23)16-3-1-2-4-22-7-18-19-8-22/h5-8,16H,1-4H2. The highest BCUT2D eigenvalue weighted by Crippen LogP contribution is 2.29. The van der Waals surface area contributed by atoms with Gasteiger partial charge in [-0.2, -0.15) is 27.8 Å². The fourth-order valence-corrected chi connectivity index (χ4v) is 2.06. The monoisotopic (exact) mass is 326 g/mol. The van der Waals surface area contributed by atoms with E-state index in [9.17, 15) is 13.2 Å². The SMILES string of the molecule is FC(F)(F)c1cc(NCCCCn2cnnc2)n2ncnc2n1. The van der Waals surface area contributed by atoms with Crippen LogP contribution >= 0.6 is 0 Å². The van der Waals surface area contributed by atoms with Gasteiger partial charge in [-0.25, -0.2) is 4.98 Å². The zero-order valence-corrected chi connectivity index (χ0v) is 11.9. The Morgan fingerprint density at radius 3 is 2.65 bits per heavy atom. The van der Waals surface area contributed by atoms with Gasteiger partial charge in [-0.3, -0.25) is 0 Å². The Kier molecular flexibility index (Phi) is 4.08. The van der Waals surface area contributed by atoms with Gasteiger partial charge < -0.3 is 9.88 Å². The number of rotatable bonds is 6. The highest BCUT2D eigenvalue weighted by molar-refractivity contribution is 5.45. The maximum Gasteiger partial charge on any atom is 0.433 e. The van der Waals surface area contributed by atoms with E-state index in [1.807, 2.05) is 4.57 Å². The third-order valence-corrected chi connectivity index (χ3v) is 3.16. The Balaban J connectivity index is 1.63. The minimum absolute atomic E-state index is 0.0909. The summed E-state index contributed by atoms with van der Waals surface area (Å²) in [7, 11) is 0. The molecule has 1 N–H and O–H groups in total. The molecule has 23 heavy (non-hydrogen) atoms. The maximum absolute atomic E-state index is 12.8. The molecule has 122 valence electrons. The van der Waals surface area contributed by atoms with Crippen molar-refractivity contribution in [2.75, 3.05) is 11.9 Å². The van der Waals surface area contributed by atoms with Crippen molar-refractivity contribution < 1.29 is 13.2 Å². The van der Waals surface area contributed by atoms with Crippen LogP contribution in [0.3, 0.4) is 0 Å². The van der Waals surface area contributed by atoms with E-state index in [4.69, 9.17) is 0 Å². The van der Waals surface area contributed by atoms with Gasteiger partial charge >= 0.3 is 6.18 Å². The topological polar surface area (TPSA) is 85.8 Å². The van der Waals surface area contributed by atoms with E-state index < -0.39 is 11.9 Å². The van der Waals surface area contributed by atoms with Crippen LogP contribution in [0.15, 0.2) is 25.0 Å². The first-order chi connectivity index (χ1) is 11.0. The van der Waals surface area contributed by atoms with E-state index in [0.29, 0.717) is 6.54 Å². The molecule has 0 bridgehead atoms. The largest absolute Gasteiger partial charge is 0.433 e. The summed E-state index contributed by atoms with van der Waals surface area (Å²) < 4.78 is 41.6. The van der Waals surface area contributed by atoms with Crippen LogP contribution in [-0.4, -0.2) is 40.9 Å². The first-order valence-corrected chi connectivity index (χ1v) is 6.88. The summed E-state index contributed by atoms with van der Waals surface area (Å²) in [5.41, 5.74) is -0.995. The zero-order valence-electron chi connectivity index (χ0n) is 11.9. The van der Waals surface area contributed by atoms with Crippen LogP contribution in [0.2, 0.25) is 0 Å². The molecule has 0 spiro atoms. The number of alkyl halides is 3. The third kappa shape index (κ3) is 3.55. The van der Waals surface area contributed by atoms with Crippen molar-refractivity contribution >= 4 is 11.6 Å². The fraction of sp³-hybridized carbons (Fsp3) is 0.417. The summed E-state index contributed by atoms with van der Waals surface area (Å²) in [6.07, 6.45) is 1.47. The van der Waals surface area contributed by atoms with E-state index in [0.717, 1.165) is 25.5 Å². The van der Waals surface area contributed by atoms with Crippen molar-refractivity contribution in [1.29, 1.82) is 0 Å². The Hall–Kier alpha value is -2.72. The van der Waals surface area contributed by atoms with Crippen molar-refractivity contribution in [3.63, 3.8) is 0 Å². The third-order valence-electron chi connectivity index (χ3n) is 3.16. The molecule has 0 fully saturated rings. The first kappa shape index (κ1) is 15.2. The molecule has 3 aromatic heterocycles. The number of aryl methyl sites for hydroxylation is 1. The molecule has 0 atom stereocenters. The van der Waals surface area contributed by atoms with E-state index >= 15 is 0 Å². The average Bonchev–Trinajstić information content (AvgIpc) is 3.16. The zero-order chi connectivity index (χ0) is 16.3. The number of halogens is 3. The van der Waals surface area contributed by atoms with Gasteiger partial charge in [-0.15, -0.1) is 10.2 Å². The molecular formula is C12H13F3N8. The van der Waals surface area contributed by atoms with Crippen LogP contribution in [0, 0.1) is 0 Å². The summed E-state index contributed by atoms with van der Waals surface area (Å²) in [6.45, 7) is 1.25. The Bertz CT molecular complexity index is 764. The summed E-state index contributed by atoms with van der Waals surface area (Å²) >= 11 is 0. The van der Waals surface area contributed by atoms with Crippen molar-refractivity contribution in [3.8, 4) is 0 Å². The molecule has 0 saturated heterocycles. The van der Waals surface area contributed by atoms with Crippen LogP contribution in [-0.2, 0) is 12.7 Å². The van der Waals surface area contributed by atoms with Crippen LogP contribution in [0.1, 0.15) is 18.5 Å². The summed E-state index contributed by atoms with van der Waals surface area (Å²) in [6, 6.07) is 0.932. The minimum atomic E-state index is -4.53. The van der Waals surface area contributed by atoms with E-state index in [2.05, 4.69) is 30.6 Å². The molecule has 8 nitrogen and oxygen atoms in total. The molecule has 3 aromatic rings. The van der Waals surface area contributed by atoms with Gasteiger partial charge in [-0.1, -0.05) is 0 Å². The number of hydrogen-bond donors (Lipinski definition) is 1. The highest BCUT2D eigenvalue weighted by atomic mass is 19.4. The van der Waals surface area contributed by atoms with Gasteiger partial charge in [0.25, 0.3) is 5.78 Å². The number of aromatic nitrogens is 7. The van der Waals surface area contributed by atoms with Crippen molar-refractivity contribution in [2.45, 2.75) is 25.6 Å². The number of fused-ring (bicyclic) bond motifs is 1. The molecule has 11 heteroatoms. The normalized spacial score (nSPS) is 12.0. The van der Waals surface area contributed by atoms with Gasteiger partial charge in [0, 0.05) is 19.2 Å². The van der Waals surface area contributed by atoms with Gasteiger partial charge in [0.2, 0.25) is 0 Å². The van der Waals surface area contributed by atoms with E-state index in [1.54, 1.807) is 12.7 Å². The number of nitrogens with one attached hydrogen (secondary N) is 1. The Labute approximate surface area is 128 Å². The van der Waals surface area contributed by atoms with Gasteiger partial charge in [-0.05, 0) is 12.8 Å². The Morgan fingerprint density at radius 1 is 1.13 bits per heavy atom. The second kappa shape index (κ2) is 6.18. The number of unbranched alkanes of at least 4 members (excludes halogenated alkanes) is 1. The number of hydrogen-bond acceptors (Lipinski definition) is 6. The fourth-order valence-electron chi connectivity index (χ4n) is 2.06. The quantitative estimate of drug-likeness (QED) is 0.693. The summed E-state index contributed by atoms with van der Waals surface area (Å²) in [5.74, 6) is 0.121. The van der Waals surface area contributed by atoms with Crippen molar-refractivity contribution in [1.82, 2.24) is 34.3 Å². The average molecular weight is 326 g/mol. The van der Waals surface area contributed by atoms with Crippen molar-refractivity contribution in [2.24, 2.45) is 0 Å². The molecule has 3 heterocycles. The lowest BCUT2D eigenvalue weighted by molar-refractivity contribution is -0.141. The second-order valence-electron chi connectivity index (χ2n) is 4.83. The maximum atomic E-state index is 12.8. The summed E-state index contributed by atoms with van der Waals surface area (Å²) in [4.78, 5) is 7.17. The minimum Gasteiger partial charge on any atom is -0.370 e. The van der Waals surface area contributed by atoms with Crippen LogP contribution in [0.25, 0.3) is 5.78 Å². The molecule has 0 aliphatic heterocycles. The lowest BCUT2D eigenvalue weighted by Gasteiger charge is -2.11. The number of anilines is 1.